The fraction of sp³-hybridized carbons (Fsp3) is 0.316. The topological polar surface area (TPSA) is 95.9 Å². The van der Waals surface area contributed by atoms with E-state index in [-0.39, 0.29) is 34.9 Å². The highest BCUT2D eigenvalue weighted by molar-refractivity contribution is 7.89. The van der Waals surface area contributed by atoms with E-state index in [1.807, 2.05) is 0 Å². The minimum atomic E-state index is -4.61. The van der Waals surface area contributed by atoms with E-state index in [2.05, 4.69) is 5.32 Å². The fourth-order valence-corrected chi connectivity index (χ4v) is 3.48. The van der Waals surface area contributed by atoms with Gasteiger partial charge in [0.05, 0.1) is 22.6 Å². The number of esters is 1. The molecule has 0 atom stereocenters. The van der Waals surface area contributed by atoms with E-state index in [9.17, 15) is 26.4 Å². The van der Waals surface area contributed by atoms with Gasteiger partial charge in [-0.2, -0.15) is 13.2 Å². The predicted octanol–water partition coefficient (Wildman–Crippen LogP) is 2.72. The predicted molar refractivity (Wildman–Crippen MR) is 103 cm³/mol. The Hall–Kier alpha value is -2.63. The third-order valence-corrected chi connectivity index (χ3v) is 5.91. The number of ether oxygens (including phenoxy) is 1. The molecule has 0 aliphatic rings. The molecule has 0 radical (unpaired) electrons. The van der Waals surface area contributed by atoms with Crippen LogP contribution < -0.4 is 5.32 Å². The van der Waals surface area contributed by atoms with Crippen molar-refractivity contribution in [3.8, 4) is 0 Å². The summed E-state index contributed by atoms with van der Waals surface area (Å²) in [7, 11) is -1.23. The number of hydrogen-bond donors (Lipinski definition) is 2. The van der Waals surface area contributed by atoms with Gasteiger partial charge in [0.1, 0.15) is 6.61 Å². The molecule has 0 spiro atoms. The number of aliphatic hydroxyl groups excluding tert-OH is 1. The molecule has 0 amide bonds. The SMILES string of the molecule is CN(C)S(=O)(=O)c1ccc(NCCO)c(C(=O)OCc2ccccc2C(F)(F)F)c1. The highest BCUT2D eigenvalue weighted by Crippen LogP contribution is 2.32. The number of alkyl halides is 3. The summed E-state index contributed by atoms with van der Waals surface area (Å²) in [5, 5.41) is 11.7. The van der Waals surface area contributed by atoms with Crippen molar-refractivity contribution in [3.63, 3.8) is 0 Å². The molecule has 7 nitrogen and oxygen atoms in total. The first-order chi connectivity index (χ1) is 14.0. The van der Waals surface area contributed by atoms with Crippen LogP contribution in [0.2, 0.25) is 0 Å². The third-order valence-electron chi connectivity index (χ3n) is 4.10. The average molecular weight is 446 g/mol. The van der Waals surface area contributed by atoms with Crippen LogP contribution in [-0.4, -0.2) is 51.0 Å². The number of benzene rings is 2. The molecule has 0 fully saturated rings. The summed E-state index contributed by atoms with van der Waals surface area (Å²) in [6.07, 6.45) is -4.61. The van der Waals surface area contributed by atoms with E-state index >= 15 is 0 Å². The Kier molecular flexibility index (Phi) is 7.45. The summed E-state index contributed by atoms with van der Waals surface area (Å²) < 4.78 is 70.1. The minimum absolute atomic E-state index is 0.0664. The molecule has 30 heavy (non-hydrogen) atoms. The molecule has 0 heterocycles. The van der Waals surface area contributed by atoms with Gasteiger partial charge in [-0.25, -0.2) is 17.5 Å². The molecule has 2 N–H and O–H groups in total. The van der Waals surface area contributed by atoms with Crippen molar-refractivity contribution in [2.75, 3.05) is 32.6 Å². The number of sulfonamides is 1. The second-order valence-electron chi connectivity index (χ2n) is 6.38. The number of rotatable bonds is 8. The second kappa shape index (κ2) is 9.45. The number of hydrogen-bond acceptors (Lipinski definition) is 6. The maximum atomic E-state index is 13.1. The van der Waals surface area contributed by atoms with Crippen molar-refractivity contribution in [1.82, 2.24) is 4.31 Å². The molecular formula is C19H21F3N2O5S. The molecule has 0 unspecified atom stereocenters. The molecular weight excluding hydrogens is 425 g/mol. The number of anilines is 1. The lowest BCUT2D eigenvalue weighted by Crippen LogP contribution is -2.23. The van der Waals surface area contributed by atoms with Gasteiger partial charge in [-0.15, -0.1) is 0 Å². The maximum Gasteiger partial charge on any atom is 0.416 e. The van der Waals surface area contributed by atoms with Crippen LogP contribution in [0.5, 0.6) is 0 Å². The molecule has 164 valence electrons. The van der Waals surface area contributed by atoms with Crippen LogP contribution in [0, 0.1) is 0 Å². The first-order valence-electron chi connectivity index (χ1n) is 8.72. The average Bonchev–Trinajstić information content (AvgIpc) is 2.69. The van der Waals surface area contributed by atoms with E-state index in [0.29, 0.717) is 0 Å². The van der Waals surface area contributed by atoms with Gasteiger partial charge in [-0.05, 0) is 24.3 Å². The molecule has 2 aromatic carbocycles. The van der Waals surface area contributed by atoms with E-state index in [1.165, 1.54) is 44.4 Å². The van der Waals surface area contributed by atoms with E-state index in [4.69, 9.17) is 9.84 Å². The quantitative estimate of drug-likeness (QED) is 0.606. The van der Waals surface area contributed by atoms with Gasteiger partial charge in [-0.3, -0.25) is 0 Å². The molecule has 11 heteroatoms. The number of carbonyl (C=O) groups is 1. The minimum Gasteiger partial charge on any atom is -0.457 e. The van der Waals surface area contributed by atoms with Crippen LogP contribution in [0.4, 0.5) is 18.9 Å². The van der Waals surface area contributed by atoms with Crippen LogP contribution in [0.25, 0.3) is 0 Å². The van der Waals surface area contributed by atoms with Crippen molar-refractivity contribution in [2.24, 2.45) is 0 Å². The lowest BCUT2D eigenvalue weighted by Gasteiger charge is -2.16. The molecule has 0 saturated carbocycles. The van der Waals surface area contributed by atoms with Gasteiger partial charge >= 0.3 is 12.1 Å². The van der Waals surface area contributed by atoms with Crippen molar-refractivity contribution in [1.29, 1.82) is 0 Å². The van der Waals surface area contributed by atoms with Crippen LogP contribution in [-0.2, 0) is 27.5 Å². The summed E-state index contributed by atoms with van der Waals surface area (Å²) in [5.74, 6) is -1.01. The summed E-state index contributed by atoms with van der Waals surface area (Å²) in [6.45, 7) is -0.846. The van der Waals surface area contributed by atoms with Gasteiger partial charge in [0, 0.05) is 31.9 Å². The highest BCUT2D eigenvalue weighted by atomic mass is 32.2. The van der Waals surface area contributed by atoms with Crippen LogP contribution in [0.1, 0.15) is 21.5 Å². The molecule has 0 aliphatic carbocycles. The fourth-order valence-electron chi connectivity index (χ4n) is 2.55. The zero-order valence-electron chi connectivity index (χ0n) is 16.2. The first kappa shape index (κ1) is 23.6. The Morgan fingerprint density at radius 1 is 1.17 bits per heavy atom. The molecule has 2 aromatic rings. The number of aliphatic hydroxyl groups is 1. The second-order valence-corrected chi connectivity index (χ2v) is 8.53. The molecule has 0 aromatic heterocycles. The zero-order chi connectivity index (χ0) is 22.5. The zero-order valence-corrected chi connectivity index (χ0v) is 17.0. The summed E-state index contributed by atoms with van der Waals surface area (Å²) in [5.41, 5.74) is -1.17. The van der Waals surface area contributed by atoms with Crippen LogP contribution in [0.15, 0.2) is 47.4 Å². The number of carbonyl (C=O) groups excluding carboxylic acids is 1. The van der Waals surface area contributed by atoms with Crippen molar-refractivity contribution in [3.05, 3.63) is 59.2 Å². The lowest BCUT2D eigenvalue weighted by atomic mass is 10.1. The van der Waals surface area contributed by atoms with Gasteiger partial charge < -0.3 is 15.2 Å². The summed E-state index contributed by atoms with van der Waals surface area (Å²) in [4.78, 5) is 12.4. The number of nitrogens with one attached hydrogen (secondary N) is 1. The molecule has 0 saturated heterocycles. The molecule has 0 aliphatic heterocycles. The number of halogens is 3. The van der Waals surface area contributed by atoms with Gasteiger partial charge in [-0.1, -0.05) is 18.2 Å². The van der Waals surface area contributed by atoms with Gasteiger partial charge in [0.2, 0.25) is 10.0 Å². The largest absolute Gasteiger partial charge is 0.457 e. The van der Waals surface area contributed by atoms with Crippen LogP contribution in [0.3, 0.4) is 0 Å². The Morgan fingerprint density at radius 2 is 1.83 bits per heavy atom. The Balaban J connectivity index is 2.36. The molecule has 0 bridgehead atoms. The maximum absolute atomic E-state index is 13.1. The summed E-state index contributed by atoms with van der Waals surface area (Å²) in [6, 6.07) is 8.34. The normalized spacial score (nSPS) is 12.1. The Labute approximate surface area is 172 Å². The van der Waals surface area contributed by atoms with Crippen molar-refractivity contribution in [2.45, 2.75) is 17.7 Å². The van der Waals surface area contributed by atoms with E-state index in [0.717, 1.165) is 16.4 Å². The van der Waals surface area contributed by atoms with E-state index < -0.39 is 34.3 Å². The first-order valence-corrected chi connectivity index (χ1v) is 10.2. The van der Waals surface area contributed by atoms with Crippen molar-refractivity contribution < 1.29 is 36.2 Å². The van der Waals surface area contributed by atoms with E-state index in [1.54, 1.807) is 0 Å². The standard InChI is InChI=1S/C19H21F3N2O5S/c1-24(2)30(27,28)14-7-8-17(23-9-10-25)15(11-14)18(26)29-12-13-5-3-4-6-16(13)19(20,21)22/h3-8,11,23,25H,9-10,12H2,1-2H3. The monoisotopic (exact) mass is 446 g/mol. The molecule has 2 rings (SSSR count). The van der Waals surface area contributed by atoms with Gasteiger partial charge in [0.25, 0.3) is 0 Å². The summed E-state index contributed by atoms with van der Waals surface area (Å²) >= 11 is 0. The van der Waals surface area contributed by atoms with Crippen LogP contribution >= 0.6 is 0 Å². The Bertz CT molecular complexity index is 1010. The number of nitrogens with zero attached hydrogens (tertiary/aromatic N) is 1. The smallest absolute Gasteiger partial charge is 0.416 e. The highest BCUT2D eigenvalue weighted by Gasteiger charge is 2.33. The third kappa shape index (κ3) is 5.49. The lowest BCUT2D eigenvalue weighted by molar-refractivity contribution is -0.138. The van der Waals surface area contributed by atoms with Gasteiger partial charge in [0.15, 0.2) is 0 Å². The Morgan fingerprint density at radius 3 is 2.43 bits per heavy atom. The van der Waals surface area contributed by atoms with Crippen molar-refractivity contribution >= 4 is 21.7 Å².